The van der Waals surface area contributed by atoms with Crippen molar-refractivity contribution >= 4 is 38.2 Å². The van der Waals surface area contributed by atoms with Crippen LogP contribution in [0.2, 0.25) is 5.02 Å². The first kappa shape index (κ1) is 20.9. The van der Waals surface area contributed by atoms with Gasteiger partial charge in [0.05, 0.1) is 23.3 Å². The van der Waals surface area contributed by atoms with Gasteiger partial charge in [0.25, 0.3) is 5.91 Å². The number of rotatable bonds is 9. The number of sulfone groups is 1. The number of aliphatic hydroxyl groups excluding tert-OH is 1. The van der Waals surface area contributed by atoms with Crippen molar-refractivity contribution in [1.82, 2.24) is 9.88 Å². The Kier molecular flexibility index (Phi) is 6.26. The Bertz CT molecular complexity index is 1740. The summed E-state index contributed by atoms with van der Waals surface area (Å²) in [5.41, 5.74) is 3.15. The van der Waals surface area contributed by atoms with Crippen molar-refractivity contribution in [3.8, 4) is 0 Å². The van der Waals surface area contributed by atoms with Crippen LogP contribution >= 0.6 is 11.6 Å². The number of aromatic nitrogens is 1. The van der Waals surface area contributed by atoms with Crippen molar-refractivity contribution in [3.63, 3.8) is 0 Å². The van der Waals surface area contributed by atoms with Crippen LogP contribution in [0, 0.1) is 6.92 Å². The fourth-order valence-electron chi connectivity index (χ4n) is 4.28. The highest BCUT2D eigenvalue weighted by Crippen LogP contribution is 2.26. The summed E-state index contributed by atoms with van der Waals surface area (Å²) in [6.45, 7) is -2.74. The van der Waals surface area contributed by atoms with E-state index >= 15 is 0 Å². The van der Waals surface area contributed by atoms with Gasteiger partial charge in [-0.05, 0) is 79.0 Å². The first-order valence-electron chi connectivity index (χ1n) is 14.2. The van der Waals surface area contributed by atoms with E-state index < -0.39 is 41.7 Å². The third kappa shape index (κ3) is 5.74. The summed E-state index contributed by atoms with van der Waals surface area (Å²) >= 11 is 6.09. The summed E-state index contributed by atoms with van der Waals surface area (Å²) in [5.74, 6) is -0.575. The average Bonchev–Trinajstić information content (AvgIpc) is 3.30. The van der Waals surface area contributed by atoms with E-state index in [0.29, 0.717) is 27.2 Å². The van der Waals surface area contributed by atoms with Crippen LogP contribution in [-0.2, 0) is 22.8 Å². The third-order valence-corrected chi connectivity index (χ3v) is 8.42. The van der Waals surface area contributed by atoms with Gasteiger partial charge in [-0.3, -0.25) is 4.79 Å². The third-order valence-electron chi connectivity index (χ3n) is 6.44. The van der Waals surface area contributed by atoms with E-state index in [4.69, 9.17) is 18.5 Å². The summed E-state index contributed by atoms with van der Waals surface area (Å²) in [6, 6.07) is 16.6. The number of amides is 1. The molecule has 2 N–H and O–H groups in total. The van der Waals surface area contributed by atoms with Gasteiger partial charge in [-0.25, -0.2) is 8.42 Å². The molecule has 8 heteroatoms. The highest BCUT2D eigenvalue weighted by Gasteiger charge is 2.18. The quantitative estimate of drug-likeness (QED) is 0.293. The average molecular weight is 544 g/mol. The summed E-state index contributed by atoms with van der Waals surface area (Å²) in [6.07, 6.45) is 0.227. The van der Waals surface area contributed by atoms with Gasteiger partial charge in [0.1, 0.15) is 0 Å². The molecule has 0 radical (unpaired) electrons. The number of carbonyl (C=O) groups excluding carboxylic acids is 1. The minimum atomic E-state index is -3.40. The molecule has 0 aliphatic carbocycles. The maximum atomic E-state index is 13.2. The molecule has 0 spiro atoms. The molecule has 0 aliphatic rings. The Morgan fingerprint density at radius 2 is 1.89 bits per heavy atom. The number of fused-ring (bicyclic) bond motifs is 1. The topological polar surface area (TPSA) is 88.4 Å². The van der Waals surface area contributed by atoms with Gasteiger partial charge < -0.3 is 15.0 Å². The molecule has 3 aromatic carbocycles. The molecule has 0 saturated heterocycles. The van der Waals surface area contributed by atoms with Crippen molar-refractivity contribution < 1.29 is 25.2 Å². The highest BCUT2D eigenvalue weighted by atomic mass is 35.5. The van der Waals surface area contributed by atoms with Gasteiger partial charge in [0.2, 0.25) is 0 Å². The van der Waals surface area contributed by atoms with Crippen LogP contribution in [0.5, 0.6) is 0 Å². The number of halogens is 1. The maximum Gasteiger partial charge on any atom is 0.251 e. The number of hydrogen-bond donors (Lipinski definition) is 2. The number of benzene rings is 3. The lowest BCUT2D eigenvalue weighted by Gasteiger charge is -2.17. The fourth-order valence-corrected chi connectivity index (χ4v) is 5.39. The van der Waals surface area contributed by atoms with Crippen molar-refractivity contribution in [2.75, 3.05) is 12.4 Å². The number of nitrogens with one attached hydrogen (secondary N) is 1. The molecule has 4 rings (SSSR count). The molecule has 1 amide bonds. The standard InChI is InChI=1S/C29H31ClN2O4S/c1-4-32-25(16-21-6-10-24(30)14-19(21)3)17-23-15-22(9-13-28(23)32)29(34)31-27(18-33)20-7-11-26(12-8-20)37(35,36)5-2/h6-15,17,27,33H,4-5,16,18H2,1-3H3,(H,31,34)/t27-/m0/s1/i1D3,4D2. The second-order valence-electron chi connectivity index (χ2n) is 8.79. The van der Waals surface area contributed by atoms with Crippen LogP contribution in [0.1, 0.15) is 59.4 Å². The molecule has 1 aromatic heterocycles. The van der Waals surface area contributed by atoms with Crippen LogP contribution in [0.4, 0.5) is 0 Å². The summed E-state index contributed by atoms with van der Waals surface area (Å²) < 4.78 is 66.1. The van der Waals surface area contributed by atoms with Crippen LogP contribution < -0.4 is 5.32 Å². The minimum Gasteiger partial charge on any atom is -0.394 e. The molecule has 1 atom stereocenters. The Labute approximate surface area is 229 Å². The molecule has 194 valence electrons. The van der Waals surface area contributed by atoms with Crippen molar-refractivity contribution in [3.05, 3.63) is 99.7 Å². The van der Waals surface area contributed by atoms with E-state index in [1.807, 2.05) is 13.0 Å². The fraction of sp³-hybridized carbons (Fsp3) is 0.276. The van der Waals surface area contributed by atoms with Crippen LogP contribution in [-0.4, -0.2) is 36.4 Å². The van der Waals surface area contributed by atoms with E-state index in [2.05, 4.69) is 5.32 Å². The van der Waals surface area contributed by atoms with E-state index in [-0.39, 0.29) is 22.6 Å². The van der Waals surface area contributed by atoms with Crippen LogP contribution in [0.25, 0.3) is 10.9 Å². The van der Waals surface area contributed by atoms with Gasteiger partial charge in [-0.15, -0.1) is 0 Å². The molecule has 0 aliphatic heterocycles. The van der Waals surface area contributed by atoms with Gasteiger partial charge in [0.15, 0.2) is 9.84 Å². The molecular weight excluding hydrogens is 508 g/mol. The molecule has 1 heterocycles. The van der Waals surface area contributed by atoms with E-state index in [0.717, 1.165) is 15.7 Å². The van der Waals surface area contributed by atoms with Gasteiger partial charge in [-0.2, -0.15) is 0 Å². The zero-order valence-corrected chi connectivity index (χ0v) is 22.0. The molecule has 4 aromatic rings. The van der Waals surface area contributed by atoms with Crippen molar-refractivity contribution in [2.45, 2.75) is 44.6 Å². The van der Waals surface area contributed by atoms with Gasteiger partial charge in [0, 0.05) is 47.0 Å². The Balaban J connectivity index is 1.70. The first-order chi connectivity index (χ1) is 19.6. The number of aliphatic hydroxyl groups is 1. The Morgan fingerprint density at radius 3 is 2.54 bits per heavy atom. The normalized spacial score (nSPS) is 15.3. The maximum absolute atomic E-state index is 13.2. The monoisotopic (exact) mass is 543 g/mol. The van der Waals surface area contributed by atoms with Gasteiger partial charge >= 0.3 is 0 Å². The van der Waals surface area contributed by atoms with E-state index in [9.17, 15) is 18.3 Å². The molecule has 6 nitrogen and oxygen atoms in total. The molecule has 0 unspecified atom stereocenters. The molecular formula is C29H31ClN2O4S. The lowest BCUT2D eigenvalue weighted by molar-refractivity contribution is 0.0916. The molecule has 0 fully saturated rings. The molecule has 37 heavy (non-hydrogen) atoms. The lowest BCUT2D eigenvalue weighted by Crippen LogP contribution is -2.30. The van der Waals surface area contributed by atoms with Crippen LogP contribution in [0.15, 0.2) is 71.6 Å². The predicted molar refractivity (Wildman–Crippen MR) is 148 cm³/mol. The second kappa shape index (κ2) is 11.1. The number of nitrogens with zero attached hydrogens (tertiary/aromatic N) is 1. The predicted octanol–water partition coefficient (Wildman–Crippen LogP) is 5.47. The SMILES string of the molecule is [2H]C([2H])([2H])C([2H])([2H])n1c(Cc2ccc(Cl)cc2C)cc2cc(C(=O)N[C@@H](CO)c3ccc(S(=O)(=O)CC)cc3)ccc21. The first-order valence-corrected chi connectivity index (χ1v) is 13.8. The molecule has 0 bridgehead atoms. The minimum absolute atomic E-state index is 0.0499. The Morgan fingerprint density at radius 1 is 1.14 bits per heavy atom. The number of aryl methyl sites for hydroxylation is 2. The summed E-state index contributed by atoms with van der Waals surface area (Å²) in [5, 5.41) is 13.7. The smallest absolute Gasteiger partial charge is 0.251 e. The van der Waals surface area contributed by atoms with E-state index in [1.54, 1.807) is 31.2 Å². The highest BCUT2D eigenvalue weighted by molar-refractivity contribution is 7.91. The van der Waals surface area contributed by atoms with E-state index in [1.165, 1.54) is 36.4 Å². The summed E-state index contributed by atoms with van der Waals surface area (Å²) in [4.78, 5) is 13.4. The molecule has 0 saturated carbocycles. The van der Waals surface area contributed by atoms with Crippen molar-refractivity contribution in [1.29, 1.82) is 0 Å². The largest absolute Gasteiger partial charge is 0.394 e. The summed E-state index contributed by atoms with van der Waals surface area (Å²) in [7, 11) is -3.40. The zero-order chi connectivity index (χ0) is 31.0. The lowest BCUT2D eigenvalue weighted by atomic mass is 10.0. The Hall–Kier alpha value is -3.13. The number of carbonyl (C=O) groups is 1. The second-order valence-corrected chi connectivity index (χ2v) is 11.5. The zero-order valence-electron chi connectivity index (χ0n) is 25.5. The van der Waals surface area contributed by atoms with Crippen LogP contribution in [0.3, 0.4) is 0 Å². The van der Waals surface area contributed by atoms with Gasteiger partial charge in [-0.1, -0.05) is 36.7 Å². The van der Waals surface area contributed by atoms with Crippen molar-refractivity contribution in [2.24, 2.45) is 0 Å². The number of hydrogen-bond acceptors (Lipinski definition) is 4.